The molecule has 0 aliphatic heterocycles. The normalized spacial score (nSPS) is 14.1. The molecule has 1 N–H and O–H groups in total. The fourth-order valence-electron chi connectivity index (χ4n) is 5.29. The van der Waals surface area contributed by atoms with E-state index in [1.54, 1.807) is 0 Å². The molecule has 1 aliphatic carbocycles. The first-order chi connectivity index (χ1) is 17.5. The zero-order valence-corrected chi connectivity index (χ0v) is 20.6. The van der Waals surface area contributed by atoms with E-state index in [9.17, 15) is 4.79 Å². The highest BCUT2D eigenvalue weighted by molar-refractivity contribution is 5.93. The Bertz CT molecular complexity index is 1700. The number of nitrogens with zero attached hydrogens (tertiary/aromatic N) is 4. The highest BCUT2D eigenvalue weighted by Crippen LogP contribution is 2.35. The van der Waals surface area contributed by atoms with Crippen molar-refractivity contribution in [2.75, 3.05) is 0 Å². The monoisotopic (exact) mass is 477 g/mol. The van der Waals surface area contributed by atoms with Crippen LogP contribution < -0.4 is 5.76 Å². The van der Waals surface area contributed by atoms with Crippen LogP contribution in [0.3, 0.4) is 0 Å². The molecule has 7 nitrogen and oxygen atoms in total. The van der Waals surface area contributed by atoms with Gasteiger partial charge in [-0.05, 0) is 77.8 Å². The quantitative estimate of drug-likeness (QED) is 0.392. The summed E-state index contributed by atoms with van der Waals surface area (Å²) in [6, 6.07) is 17.2. The van der Waals surface area contributed by atoms with Crippen LogP contribution in [0.4, 0.5) is 0 Å². The number of pyridine rings is 1. The average molecular weight is 478 g/mol. The third-order valence-corrected chi connectivity index (χ3v) is 6.93. The van der Waals surface area contributed by atoms with E-state index in [0.29, 0.717) is 12.4 Å². The maximum absolute atomic E-state index is 11.5. The standard InChI is InChI=1S/C29H27N5O2/c1-4-26-32-27-17(2)13-18(3)30-28(27)34(26)16-19-9-12-23-21(14-19)11-10-20-7-5-6-8-22(20)24(23)15-25-31-29(35)36-33-25/h5-9,12-15H,4,10-11,16H2,1-3H3,(H,31,33,35)/b24-15+. The van der Waals surface area contributed by atoms with E-state index in [4.69, 9.17) is 14.5 Å². The number of fused-ring (bicyclic) bond motifs is 3. The van der Waals surface area contributed by atoms with Crippen LogP contribution in [0.15, 0.2) is 57.8 Å². The van der Waals surface area contributed by atoms with Crippen LogP contribution in [-0.2, 0) is 25.8 Å². The van der Waals surface area contributed by atoms with Crippen molar-refractivity contribution in [3.8, 4) is 0 Å². The molecule has 0 saturated carbocycles. The van der Waals surface area contributed by atoms with Gasteiger partial charge >= 0.3 is 5.76 Å². The molecule has 7 heteroatoms. The van der Waals surface area contributed by atoms with Crippen molar-refractivity contribution < 1.29 is 4.52 Å². The minimum absolute atomic E-state index is 0.413. The van der Waals surface area contributed by atoms with Crippen LogP contribution in [0.1, 0.15) is 57.6 Å². The van der Waals surface area contributed by atoms with Gasteiger partial charge in [0, 0.05) is 12.1 Å². The van der Waals surface area contributed by atoms with Crippen molar-refractivity contribution in [3.05, 3.63) is 110 Å². The number of H-pyrrole nitrogens is 1. The van der Waals surface area contributed by atoms with Crippen molar-refractivity contribution in [2.24, 2.45) is 0 Å². The topological polar surface area (TPSA) is 89.6 Å². The van der Waals surface area contributed by atoms with Crippen molar-refractivity contribution in [1.29, 1.82) is 0 Å². The lowest BCUT2D eigenvalue weighted by atomic mass is 9.92. The summed E-state index contributed by atoms with van der Waals surface area (Å²) >= 11 is 0. The van der Waals surface area contributed by atoms with Gasteiger partial charge in [-0.1, -0.05) is 54.5 Å². The second kappa shape index (κ2) is 8.75. The van der Waals surface area contributed by atoms with E-state index in [0.717, 1.165) is 64.2 Å². The molecule has 0 unspecified atom stereocenters. The minimum atomic E-state index is -0.558. The largest absolute Gasteiger partial charge is 0.439 e. The Labute approximate surface area is 208 Å². The van der Waals surface area contributed by atoms with Gasteiger partial charge in [-0.25, -0.2) is 14.8 Å². The molecule has 3 heterocycles. The molecule has 0 fully saturated rings. The molecule has 0 spiro atoms. The summed E-state index contributed by atoms with van der Waals surface area (Å²) in [5.74, 6) is 0.901. The predicted molar refractivity (Wildman–Crippen MR) is 140 cm³/mol. The van der Waals surface area contributed by atoms with Crippen molar-refractivity contribution in [2.45, 2.75) is 46.6 Å². The van der Waals surface area contributed by atoms with Crippen LogP contribution in [-0.4, -0.2) is 24.7 Å². The number of aryl methyl sites for hydroxylation is 5. The molecule has 5 aromatic rings. The van der Waals surface area contributed by atoms with Crippen LogP contribution in [0, 0.1) is 13.8 Å². The Balaban J connectivity index is 1.46. The average Bonchev–Trinajstić information content (AvgIpc) is 3.40. The van der Waals surface area contributed by atoms with Crippen LogP contribution in [0.5, 0.6) is 0 Å². The van der Waals surface area contributed by atoms with Gasteiger partial charge in [0.1, 0.15) is 11.3 Å². The third-order valence-electron chi connectivity index (χ3n) is 6.93. The van der Waals surface area contributed by atoms with Crippen LogP contribution in [0.25, 0.3) is 22.8 Å². The van der Waals surface area contributed by atoms with Gasteiger partial charge in [0.2, 0.25) is 0 Å². The molecule has 0 saturated heterocycles. The number of benzene rings is 2. The third kappa shape index (κ3) is 3.86. The molecule has 0 radical (unpaired) electrons. The fraction of sp³-hybridized carbons (Fsp3) is 0.241. The van der Waals surface area contributed by atoms with Gasteiger partial charge < -0.3 is 4.57 Å². The van der Waals surface area contributed by atoms with Gasteiger partial charge in [0.05, 0.1) is 6.54 Å². The van der Waals surface area contributed by atoms with E-state index in [-0.39, 0.29) is 0 Å². The van der Waals surface area contributed by atoms with Gasteiger partial charge in [-0.3, -0.25) is 9.51 Å². The Morgan fingerprint density at radius 2 is 1.83 bits per heavy atom. The molecule has 180 valence electrons. The molecule has 6 rings (SSSR count). The first-order valence-electron chi connectivity index (χ1n) is 12.3. The number of nitrogens with one attached hydrogen (secondary N) is 1. The highest BCUT2D eigenvalue weighted by atomic mass is 16.5. The zero-order chi connectivity index (χ0) is 24.8. The summed E-state index contributed by atoms with van der Waals surface area (Å²) in [5.41, 5.74) is 11.2. The first kappa shape index (κ1) is 22.2. The van der Waals surface area contributed by atoms with Gasteiger partial charge in [-0.15, -0.1) is 0 Å². The number of imidazole rings is 1. The smallest absolute Gasteiger partial charge is 0.308 e. The van der Waals surface area contributed by atoms with Gasteiger partial charge in [0.25, 0.3) is 0 Å². The van der Waals surface area contributed by atoms with E-state index in [2.05, 4.69) is 71.0 Å². The van der Waals surface area contributed by atoms with Gasteiger partial charge in [0.15, 0.2) is 11.5 Å². The van der Waals surface area contributed by atoms with Crippen molar-refractivity contribution in [3.63, 3.8) is 0 Å². The first-order valence-corrected chi connectivity index (χ1v) is 12.3. The summed E-state index contributed by atoms with van der Waals surface area (Å²) in [5, 5.41) is 3.88. The summed E-state index contributed by atoms with van der Waals surface area (Å²) in [7, 11) is 0. The summed E-state index contributed by atoms with van der Waals surface area (Å²) in [4.78, 5) is 23.9. The highest BCUT2D eigenvalue weighted by Gasteiger charge is 2.20. The van der Waals surface area contributed by atoms with Crippen LogP contribution >= 0.6 is 0 Å². The number of aromatic nitrogens is 5. The molecule has 0 amide bonds. The van der Waals surface area contributed by atoms with E-state index < -0.39 is 5.76 Å². The maximum Gasteiger partial charge on any atom is 0.439 e. The van der Waals surface area contributed by atoms with E-state index in [1.807, 2.05) is 19.1 Å². The lowest BCUT2D eigenvalue weighted by Gasteiger charge is -2.14. The molecule has 0 bridgehead atoms. The Morgan fingerprint density at radius 3 is 2.64 bits per heavy atom. The van der Waals surface area contributed by atoms with E-state index in [1.165, 1.54) is 16.7 Å². The minimum Gasteiger partial charge on any atom is -0.308 e. The number of rotatable bonds is 4. The fourth-order valence-corrected chi connectivity index (χ4v) is 5.29. The number of aromatic amines is 1. The molecular formula is C29H27N5O2. The lowest BCUT2D eigenvalue weighted by molar-refractivity contribution is 0.385. The molecule has 2 aromatic carbocycles. The molecule has 36 heavy (non-hydrogen) atoms. The summed E-state index contributed by atoms with van der Waals surface area (Å²) in [6.45, 7) is 6.99. The van der Waals surface area contributed by atoms with Gasteiger partial charge in [-0.2, -0.15) is 0 Å². The molecule has 1 aliphatic rings. The SMILES string of the molecule is CCc1nc2c(C)cc(C)nc2n1Cc1ccc2c(c1)CCc1ccccc1/C2=C\c1noc(=O)[nH]1. The second-order valence-corrected chi connectivity index (χ2v) is 9.41. The molecular weight excluding hydrogens is 450 g/mol. The maximum atomic E-state index is 11.5. The number of hydrogen-bond acceptors (Lipinski definition) is 5. The van der Waals surface area contributed by atoms with Crippen molar-refractivity contribution in [1.82, 2.24) is 24.7 Å². The Hall–Kier alpha value is -4.26. The summed E-state index contributed by atoms with van der Waals surface area (Å²) in [6.07, 6.45) is 4.61. The molecule has 0 atom stereocenters. The Morgan fingerprint density at radius 1 is 1.03 bits per heavy atom. The summed E-state index contributed by atoms with van der Waals surface area (Å²) < 4.78 is 6.99. The number of hydrogen-bond donors (Lipinski definition) is 1. The lowest BCUT2D eigenvalue weighted by Crippen LogP contribution is -2.07. The van der Waals surface area contributed by atoms with E-state index >= 15 is 0 Å². The molecule has 3 aromatic heterocycles. The van der Waals surface area contributed by atoms with Crippen molar-refractivity contribution >= 4 is 22.8 Å². The second-order valence-electron chi connectivity index (χ2n) is 9.41. The zero-order valence-electron chi connectivity index (χ0n) is 20.6. The van der Waals surface area contributed by atoms with Crippen LogP contribution in [0.2, 0.25) is 0 Å². The predicted octanol–water partition coefficient (Wildman–Crippen LogP) is 5.02. The Kier molecular flexibility index (Phi) is 5.40.